The number of halogens is 1. The highest BCUT2D eigenvalue weighted by Gasteiger charge is 2.21. The summed E-state index contributed by atoms with van der Waals surface area (Å²) >= 11 is 0. The van der Waals surface area contributed by atoms with Crippen LogP contribution in [0.2, 0.25) is 0 Å². The number of benzene rings is 1. The SMILES string of the molecule is CCOc1ccc(C(=O)C(F)n2cncn2)cc1. The summed E-state index contributed by atoms with van der Waals surface area (Å²) in [6.45, 7) is 2.40. The van der Waals surface area contributed by atoms with Crippen LogP contribution in [0.1, 0.15) is 23.6 Å². The molecule has 6 heteroatoms. The molecular formula is C12H12FN3O2. The third-order valence-corrected chi connectivity index (χ3v) is 2.34. The maximum Gasteiger partial charge on any atom is 0.255 e. The monoisotopic (exact) mass is 249 g/mol. The summed E-state index contributed by atoms with van der Waals surface area (Å²) in [6, 6.07) is 6.31. The summed E-state index contributed by atoms with van der Waals surface area (Å²) in [7, 11) is 0. The van der Waals surface area contributed by atoms with Gasteiger partial charge in [-0.3, -0.25) is 4.79 Å². The average Bonchev–Trinajstić information content (AvgIpc) is 2.92. The predicted octanol–water partition coefficient (Wildman–Crippen LogP) is 2.03. The number of rotatable bonds is 5. The van der Waals surface area contributed by atoms with Gasteiger partial charge in [0.2, 0.25) is 5.78 Å². The smallest absolute Gasteiger partial charge is 0.255 e. The summed E-state index contributed by atoms with van der Waals surface area (Å²) in [5.41, 5.74) is 0.265. The minimum absolute atomic E-state index is 0.265. The summed E-state index contributed by atoms with van der Waals surface area (Å²) in [5.74, 6) is -0.0197. The highest BCUT2D eigenvalue weighted by Crippen LogP contribution is 2.18. The number of carbonyl (C=O) groups excluding carboxylic acids is 1. The number of aromatic nitrogens is 3. The van der Waals surface area contributed by atoms with E-state index in [0.717, 1.165) is 11.0 Å². The lowest BCUT2D eigenvalue weighted by atomic mass is 10.1. The first-order valence-corrected chi connectivity index (χ1v) is 5.47. The van der Waals surface area contributed by atoms with Crippen LogP contribution in [0.4, 0.5) is 4.39 Å². The van der Waals surface area contributed by atoms with Gasteiger partial charge < -0.3 is 4.74 Å². The number of carbonyl (C=O) groups is 1. The number of Topliss-reactive ketones (excluding diaryl/α,β-unsaturated/α-hetero) is 1. The van der Waals surface area contributed by atoms with Crippen molar-refractivity contribution in [3.05, 3.63) is 42.5 Å². The Morgan fingerprint density at radius 3 is 2.72 bits per heavy atom. The van der Waals surface area contributed by atoms with Crippen molar-refractivity contribution < 1.29 is 13.9 Å². The Kier molecular flexibility index (Phi) is 3.66. The van der Waals surface area contributed by atoms with Crippen molar-refractivity contribution in [2.45, 2.75) is 13.2 Å². The fraction of sp³-hybridized carbons (Fsp3) is 0.250. The molecule has 1 aromatic heterocycles. The maximum absolute atomic E-state index is 13.8. The summed E-state index contributed by atoms with van der Waals surface area (Å²) < 4.78 is 19.9. The summed E-state index contributed by atoms with van der Waals surface area (Å²) in [4.78, 5) is 15.4. The first-order chi connectivity index (χ1) is 8.72. The minimum atomic E-state index is -1.86. The van der Waals surface area contributed by atoms with E-state index < -0.39 is 12.1 Å². The summed E-state index contributed by atoms with van der Waals surface area (Å²) in [6.07, 6.45) is 0.486. The van der Waals surface area contributed by atoms with E-state index >= 15 is 0 Å². The van der Waals surface area contributed by atoms with Gasteiger partial charge in [0.15, 0.2) is 0 Å². The second-order valence-electron chi connectivity index (χ2n) is 3.53. The van der Waals surface area contributed by atoms with E-state index in [9.17, 15) is 9.18 Å². The van der Waals surface area contributed by atoms with E-state index in [0.29, 0.717) is 12.4 Å². The molecule has 0 amide bonds. The Hall–Kier alpha value is -2.24. The van der Waals surface area contributed by atoms with E-state index in [2.05, 4.69) is 10.1 Å². The number of ether oxygens (including phenoxy) is 1. The third-order valence-electron chi connectivity index (χ3n) is 2.34. The Bertz CT molecular complexity index is 511. The highest BCUT2D eigenvalue weighted by molar-refractivity contribution is 5.98. The van der Waals surface area contributed by atoms with Crippen LogP contribution < -0.4 is 4.74 Å². The first kappa shape index (κ1) is 12.2. The van der Waals surface area contributed by atoms with E-state index in [1.807, 2.05) is 6.92 Å². The Morgan fingerprint density at radius 2 is 2.17 bits per heavy atom. The molecule has 0 radical (unpaired) electrons. The van der Waals surface area contributed by atoms with Crippen LogP contribution in [0, 0.1) is 0 Å². The quantitative estimate of drug-likeness (QED) is 0.761. The zero-order chi connectivity index (χ0) is 13.0. The average molecular weight is 249 g/mol. The molecule has 0 saturated heterocycles. The normalized spacial score (nSPS) is 12.1. The van der Waals surface area contributed by atoms with Gasteiger partial charge in [-0.2, -0.15) is 5.10 Å². The molecule has 0 aliphatic carbocycles. The Morgan fingerprint density at radius 1 is 1.44 bits per heavy atom. The van der Waals surface area contributed by atoms with E-state index in [1.54, 1.807) is 12.1 Å². The molecule has 2 rings (SSSR count). The number of nitrogens with zero attached hydrogens (tertiary/aromatic N) is 3. The molecule has 1 aromatic carbocycles. The van der Waals surface area contributed by atoms with Gasteiger partial charge >= 0.3 is 0 Å². The van der Waals surface area contributed by atoms with Crippen molar-refractivity contribution in [1.29, 1.82) is 0 Å². The van der Waals surface area contributed by atoms with Crippen LogP contribution >= 0.6 is 0 Å². The second-order valence-corrected chi connectivity index (χ2v) is 3.53. The molecule has 1 atom stereocenters. The molecular weight excluding hydrogens is 237 g/mol. The predicted molar refractivity (Wildman–Crippen MR) is 62.1 cm³/mol. The van der Waals surface area contributed by atoms with Crippen molar-refractivity contribution in [2.24, 2.45) is 0 Å². The molecule has 5 nitrogen and oxygen atoms in total. The van der Waals surface area contributed by atoms with Crippen molar-refractivity contribution in [2.75, 3.05) is 6.61 Å². The van der Waals surface area contributed by atoms with Gasteiger partial charge in [0, 0.05) is 5.56 Å². The lowest BCUT2D eigenvalue weighted by Crippen LogP contribution is -2.15. The maximum atomic E-state index is 13.8. The number of alkyl halides is 1. The van der Waals surface area contributed by atoms with Gasteiger partial charge in [0.1, 0.15) is 18.4 Å². The number of ketones is 1. The fourth-order valence-electron chi connectivity index (χ4n) is 1.47. The molecule has 0 spiro atoms. The highest BCUT2D eigenvalue weighted by atomic mass is 19.1. The van der Waals surface area contributed by atoms with Crippen LogP contribution in [0.5, 0.6) is 5.75 Å². The van der Waals surface area contributed by atoms with Crippen LogP contribution in [-0.2, 0) is 0 Å². The van der Waals surface area contributed by atoms with Crippen LogP contribution in [0.25, 0.3) is 0 Å². The van der Waals surface area contributed by atoms with E-state index in [1.165, 1.54) is 18.5 Å². The Labute approximate surface area is 103 Å². The molecule has 94 valence electrons. The topological polar surface area (TPSA) is 57.0 Å². The zero-order valence-electron chi connectivity index (χ0n) is 9.78. The van der Waals surface area contributed by atoms with Crippen molar-refractivity contribution in [3.8, 4) is 5.75 Å². The lowest BCUT2D eigenvalue weighted by molar-refractivity contribution is 0.0778. The van der Waals surface area contributed by atoms with Gasteiger partial charge in [-0.05, 0) is 31.2 Å². The molecule has 0 N–H and O–H groups in total. The standard InChI is InChI=1S/C12H12FN3O2/c1-2-18-10-5-3-9(4-6-10)11(17)12(13)16-8-14-7-15-16/h3-8,12H,2H2,1H3. The minimum Gasteiger partial charge on any atom is -0.494 e. The third kappa shape index (κ3) is 2.53. The molecule has 0 bridgehead atoms. The molecule has 18 heavy (non-hydrogen) atoms. The van der Waals surface area contributed by atoms with Crippen molar-refractivity contribution in [1.82, 2.24) is 14.8 Å². The van der Waals surface area contributed by atoms with Crippen LogP contribution in [-0.4, -0.2) is 27.2 Å². The molecule has 1 unspecified atom stereocenters. The molecule has 0 aliphatic rings. The van der Waals surface area contributed by atoms with Crippen LogP contribution in [0.3, 0.4) is 0 Å². The molecule has 0 saturated carbocycles. The Balaban J connectivity index is 2.13. The van der Waals surface area contributed by atoms with Gasteiger partial charge in [0.25, 0.3) is 6.30 Å². The van der Waals surface area contributed by atoms with Gasteiger partial charge in [-0.25, -0.2) is 14.1 Å². The number of hydrogen-bond acceptors (Lipinski definition) is 4. The van der Waals surface area contributed by atoms with E-state index in [-0.39, 0.29) is 5.56 Å². The van der Waals surface area contributed by atoms with Crippen molar-refractivity contribution >= 4 is 5.78 Å². The van der Waals surface area contributed by atoms with E-state index in [4.69, 9.17) is 4.74 Å². The molecule has 1 heterocycles. The van der Waals surface area contributed by atoms with Gasteiger partial charge in [-0.1, -0.05) is 0 Å². The zero-order valence-corrected chi connectivity index (χ0v) is 9.78. The van der Waals surface area contributed by atoms with Gasteiger partial charge in [-0.15, -0.1) is 0 Å². The lowest BCUT2D eigenvalue weighted by Gasteiger charge is -2.08. The molecule has 0 fully saturated rings. The first-order valence-electron chi connectivity index (χ1n) is 5.47. The molecule has 2 aromatic rings. The second kappa shape index (κ2) is 5.39. The summed E-state index contributed by atoms with van der Waals surface area (Å²) in [5, 5.41) is 3.59. The number of hydrogen-bond donors (Lipinski definition) is 0. The molecule has 0 aliphatic heterocycles. The fourth-order valence-corrected chi connectivity index (χ4v) is 1.47. The largest absolute Gasteiger partial charge is 0.494 e. The van der Waals surface area contributed by atoms with Gasteiger partial charge in [0.05, 0.1) is 6.61 Å². The van der Waals surface area contributed by atoms with Crippen molar-refractivity contribution in [3.63, 3.8) is 0 Å². The van der Waals surface area contributed by atoms with Crippen LogP contribution in [0.15, 0.2) is 36.9 Å².